The molecule has 2 heterocycles. The Hall–Kier alpha value is -1.08. The van der Waals surface area contributed by atoms with E-state index in [2.05, 4.69) is 44.1 Å². The number of esters is 1. The molecule has 0 aliphatic carbocycles. The van der Waals surface area contributed by atoms with Crippen LogP contribution in [0.5, 0.6) is 0 Å². The van der Waals surface area contributed by atoms with Crippen LogP contribution in [0.2, 0.25) is 0 Å². The maximum Gasteiger partial charge on any atom is 0.325 e. The predicted octanol–water partition coefficient (Wildman–Crippen LogP) is 4.57. The zero-order chi connectivity index (χ0) is 16.8. The van der Waals surface area contributed by atoms with Gasteiger partial charge in [-0.15, -0.1) is 0 Å². The minimum Gasteiger partial charge on any atom is -0.465 e. The van der Waals surface area contributed by atoms with Gasteiger partial charge < -0.3 is 10.1 Å². The van der Waals surface area contributed by atoms with Gasteiger partial charge in [-0.1, -0.05) is 19.8 Å². The number of halogens is 2. The lowest BCUT2D eigenvalue weighted by molar-refractivity contribution is -0.140. The predicted molar refractivity (Wildman–Crippen MR) is 98.9 cm³/mol. The number of nitrogens with one attached hydrogen (secondary N) is 1. The first-order valence-electron chi connectivity index (χ1n) is 7.82. The van der Waals surface area contributed by atoms with E-state index in [0.717, 1.165) is 51.8 Å². The second-order valence-corrected chi connectivity index (χ2v) is 6.99. The van der Waals surface area contributed by atoms with E-state index in [1.165, 1.54) is 0 Å². The van der Waals surface area contributed by atoms with E-state index >= 15 is 0 Å². The number of aryl methyl sites for hydroxylation is 1. The van der Waals surface area contributed by atoms with E-state index in [0.29, 0.717) is 6.61 Å². The largest absolute Gasteiger partial charge is 0.465 e. The molecule has 0 radical (unpaired) electrons. The molecular formula is C16H21Br2N3O2. The average molecular weight is 447 g/mol. The van der Waals surface area contributed by atoms with Gasteiger partial charge in [-0.3, -0.25) is 9.20 Å². The summed E-state index contributed by atoms with van der Waals surface area (Å²) in [5.41, 5.74) is 1.81. The molecule has 0 aliphatic rings. The number of pyridine rings is 1. The Kier molecular flexibility index (Phi) is 6.89. The van der Waals surface area contributed by atoms with Crippen LogP contribution in [0.15, 0.2) is 21.2 Å². The minimum atomic E-state index is -0.268. The Labute approximate surface area is 153 Å². The molecule has 2 aromatic heterocycles. The third kappa shape index (κ3) is 4.70. The van der Waals surface area contributed by atoms with Crippen molar-refractivity contribution in [2.45, 2.75) is 39.5 Å². The van der Waals surface area contributed by atoms with Crippen LogP contribution in [-0.4, -0.2) is 28.5 Å². The fourth-order valence-corrected chi connectivity index (χ4v) is 3.66. The van der Waals surface area contributed by atoms with Crippen LogP contribution in [0.3, 0.4) is 0 Å². The SMILES string of the molecule is CCCCCc1nc2c(Br)cc(Br)cn2c1NCC(=O)OCC. The number of ether oxygens (including phenoxy) is 1. The summed E-state index contributed by atoms with van der Waals surface area (Å²) in [6.45, 7) is 4.49. The topological polar surface area (TPSA) is 55.6 Å². The highest BCUT2D eigenvalue weighted by molar-refractivity contribution is 9.11. The van der Waals surface area contributed by atoms with Gasteiger partial charge in [-0.2, -0.15) is 0 Å². The number of fused-ring (bicyclic) bond motifs is 1. The van der Waals surface area contributed by atoms with Crippen molar-refractivity contribution < 1.29 is 9.53 Å². The number of imidazole rings is 1. The highest BCUT2D eigenvalue weighted by Gasteiger charge is 2.15. The molecule has 0 unspecified atom stereocenters. The van der Waals surface area contributed by atoms with Gasteiger partial charge in [0.1, 0.15) is 12.4 Å². The molecule has 5 nitrogen and oxygen atoms in total. The third-order valence-corrected chi connectivity index (χ3v) is 4.45. The fraction of sp³-hybridized carbons (Fsp3) is 0.500. The van der Waals surface area contributed by atoms with E-state index in [1.54, 1.807) is 6.92 Å². The Morgan fingerprint density at radius 1 is 1.35 bits per heavy atom. The monoisotopic (exact) mass is 445 g/mol. The van der Waals surface area contributed by atoms with Gasteiger partial charge in [0.05, 0.1) is 16.8 Å². The maximum atomic E-state index is 11.6. The molecule has 0 spiro atoms. The van der Waals surface area contributed by atoms with Crippen LogP contribution in [0.1, 0.15) is 38.8 Å². The standard InChI is InChI=1S/C16H21Br2N3O2/c1-3-5-6-7-13-16(19-9-14(22)23-4-2)21-10-11(17)8-12(18)15(21)20-13/h8,10,19H,3-7,9H2,1-2H3. The highest BCUT2D eigenvalue weighted by Crippen LogP contribution is 2.28. The fourth-order valence-electron chi connectivity index (χ4n) is 2.39. The summed E-state index contributed by atoms with van der Waals surface area (Å²) in [7, 11) is 0. The number of nitrogens with zero attached hydrogens (tertiary/aromatic N) is 2. The zero-order valence-electron chi connectivity index (χ0n) is 13.4. The third-order valence-electron chi connectivity index (χ3n) is 3.44. The van der Waals surface area contributed by atoms with E-state index in [4.69, 9.17) is 9.72 Å². The number of hydrogen-bond donors (Lipinski definition) is 1. The summed E-state index contributed by atoms with van der Waals surface area (Å²) < 4.78 is 8.80. The molecule has 7 heteroatoms. The lowest BCUT2D eigenvalue weighted by atomic mass is 10.1. The molecule has 2 rings (SSSR count). The van der Waals surface area contributed by atoms with Crippen LogP contribution in [0.4, 0.5) is 5.82 Å². The summed E-state index contributed by atoms with van der Waals surface area (Å²) in [6, 6.07) is 1.97. The minimum absolute atomic E-state index is 0.131. The molecule has 126 valence electrons. The normalized spacial score (nSPS) is 11.0. The molecule has 0 amide bonds. The lowest BCUT2D eigenvalue weighted by Gasteiger charge is -2.09. The van der Waals surface area contributed by atoms with Crippen molar-refractivity contribution in [2.24, 2.45) is 0 Å². The Balaban J connectivity index is 2.32. The van der Waals surface area contributed by atoms with Gasteiger partial charge in [-0.25, -0.2) is 4.98 Å². The molecule has 0 saturated heterocycles. The van der Waals surface area contributed by atoms with Crippen molar-refractivity contribution in [3.05, 3.63) is 26.9 Å². The molecule has 23 heavy (non-hydrogen) atoms. The maximum absolute atomic E-state index is 11.6. The number of aromatic nitrogens is 2. The Bertz CT molecular complexity index is 686. The summed E-state index contributed by atoms with van der Waals surface area (Å²) in [6.07, 6.45) is 6.23. The van der Waals surface area contributed by atoms with Gasteiger partial charge >= 0.3 is 5.97 Å². The van der Waals surface area contributed by atoms with Crippen molar-refractivity contribution in [1.29, 1.82) is 0 Å². The zero-order valence-corrected chi connectivity index (χ0v) is 16.5. The molecule has 0 atom stereocenters. The number of anilines is 1. The molecule has 0 saturated carbocycles. The van der Waals surface area contributed by atoms with E-state index in [9.17, 15) is 4.79 Å². The van der Waals surface area contributed by atoms with Gasteiger partial charge in [0.25, 0.3) is 0 Å². The summed E-state index contributed by atoms with van der Waals surface area (Å²) >= 11 is 7.05. The van der Waals surface area contributed by atoms with Crippen molar-refractivity contribution in [3.8, 4) is 0 Å². The van der Waals surface area contributed by atoms with Crippen LogP contribution < -0.4 is 5.32 Å². The number of carbonyl (C=O) groups excluding carboxylic acids is 1. The highest BCUT2D eigenvalue weighted by atomic mass is 79.9. The molecule has 0 bridgehead atoms. The molecule has 0 aliphatic heterocycles. The Morgan fingerprint density at radius 2 is 2.13 bits per heavy atom. The second kappa shape index (κ2) is 8.68. The van der Waals surface area contributed by atoms with Crippen molar-refractivity contribution in [2.75, 3.05) is 18.5 Å². The van der Waals surface area contributed by atoms with Crippen LogP contribution in [0.25, 0.3) is 5.65 Å². The van der Waals surface area contributed by atoms with Crippen molar-refractivity contribution in [1.82, 2.24) is 9.38 Å². The second-order valence-electron chi connectivity index (χ2n) is 5.22. The van der Waals surface area contributed by atoms with E-state index in [-0.39, 0.29) is 12.5 Å². The number of carbonyl (C=O) groups is 1. The van der Waals surface area contributed by atoms with Crippen LogP contribution in [0, 0.1) is 0 Å². The summed E-state index contributed by atoms with van der Waals surface area (Å²) in [4.78, 5) is 16.4. The number of hydrogen-bond acceptors (Lipinski definition) is 4. The first-order chi connectivity index (χ1) is 11.1. The quantitative estimate of drug-likeness (QED) is 0.476. The average Bonchev–Trinajstić information content (AvgIpc) is 2.84. The molecular weight excluding hydrogens is 426 g/mol. The van der Waals surface area contributed by atoms with E-state index in [1.807, 2.05) is 16.7 Å². The molecule has 0 fully saturated rings. The summed E-state index contributed by atoms with van der Waals surface area (Å²) in [5, 5.41) is 3.19. The lowest BCUT2D eigenvalue weighted by Crippen LogP contribution is -2.18. The van der Waals surface area contributed by atoms with E-state index < -0.39 is 0 Å². The Morgan fingerprint density at radius 3 is 2.83 bits per heavy atom. The molecule has 1 N–H and O–H groups in total. The molecule has 0 aromatic carbocycles. The number of rotatable bonds is 8. The van der Waals surface area contributed by atoms with Crippen LogP contribution >= 0.6 is 31.9 Å². The number of unbranched alkanes of at least 4 members (excludes halogenated alkanes) is 2. The smallest absolute Gasteiger partial charge is 0.325 e. The van der Waals surface area contributed by atoms with Crippen molar-refractivity contribution in [3.63, 3.8) is 0 Å². The van der Waals surface area contributed by atoms with Gasteiger partial charge in [-0.05, 0) is 57.7 Å². The van der Waals surface area contributed by atoms with Crippen molar-refractivity contribution >= 4 is 49.3 Å². The first kappa shape index (κ1) is 18.3. The van der Waals surface area contributed by atoms with Gasteiger partial charge in [0.15, 0.2) is 5.65 Å². The van der Waals surface area contributed by atoms with Gasteiger partial charge in [0.2, 0.25) is 0 Å². The molecule has 2 aromatic rings. The van der Waals surface area contributed by atoms with Crippen LogP contribution in [-0.2, 0) is 16.0 Å². The first-order valence-corrected chi connectivity index (χ1v) is 9.40. The summed E-state index contributed by atoms with van der Waals surface area (Å²) in [5.74, 6) is 0.585. The van der Waals surface area contributed by atoms with Gasteiger partial charge in [0, 0.05) is 10.7 Å².